The van der Waals surface area contributed by atoms with Crippen LogP contribution in [0.15, 0.2) is 18.3 Å². The quantitative estimate of drug-likeness (QED) is 0.825. The third-order valence-electron chi connectivity index (χ3n) is 6.32. The fraction of sp³-hybridized carbons (Fsp3) is 0.682. The van der Waals surface area contributed by atoms with Crippen LogP contribution in [-0.2, 0) is 11.3 Å². The van der Waals surface area contributed by atoms with Crippen molar-refractivity contribution >= 4 is 11.9 Å². The molecule has 1 saturated carbocycles. The fourth-order valence-corrected chi connectivity index (χ4v) is 4.63. The number of carbonyl (C=O) groups excluding carboxylic acids is 2. The molecule has 1 atom stereocenters. The van der Waals surface area contributed by atoms with E-state index in [2.05, 4.69) is 10.3 Å². The van der Waals surface area contributed by atoms with Gasteiger partial charge in [-0.3, -0.25) is 4.79 Å². The Labute approximate surface area is 172 Å². The number of nitrogens with zero attached hydrogens (tertiary/aromatic N) is 3. The summed E-state index contributed by atoms with van der Waals surface area (Å²) < 4.78 is 6.07. The highest BCUT2D eigenvalue weighted by Crippen LogP contribution is 2.25. The van der Waals surface area contributed by atoms with Crippen molar-refractivity contribution < 1.29 is 14.3 Å². The summed E-state index contributed by atoms with van der Waals surface area (Å²) in [4.78, 5) is 33.6. The first kappa shape index (κ1) is 20.0. The van der Waals surface area contributed by atoms with Crippen molar-refractivity contribution in [3.05, 3.63) is 23.9 Å². The average molecular weight is 401 g/mol. The maximum Gasteiger partial charge on any atom is 0.320 e. The van der Waals surface area contributed by atoms with E-state index in [1.54, 1.807) is 6.20 Å². The van der Waals surface area contributed by atoms with Crippen LogP contribution >= 0.6 is 0 Å². The summed E-state index contributed by atoms with van der Waals surface area (Å²) in [5.41, 5.74) is 0.911. The van der Waals surface area contributed by atoms with E-state index in [4.69, 9.17) is 4.74 Å². The molecule has 4 rings (SSSR count). The van der Waals surface area contributed by atoms with Crippen molar-refractivity contribution in [2.24, 2.45) is 5.92 Å². The van der Waals surface area contributed by atoms with Crippen LogP contribution in [0, 0.1) is 5.92 Å². The highest BCUT2D eigenvalue weighted by molar-refractivity contribution is 5.81. The predicted molar refractivity (Wildman–Crippen MR) is 109 cm³/mol. The molecule has 7 nitrogen and oxygen atoms in total. The number of rotatable bonds is 5. The van der Waals surface area contributed by atoms with Crippen molar-refractivity contribution in [2.45, 2.75) is 64.0 Å². The van der Waals surface area contributed by atoms with Gasteiger partial charge in [-0.25, -0.2) is 9.78 Å². The maximum absolute atomic E-state index is 12.8. The van der Waals surface area contributed by atoms with Crippen LogP contribution in [-0.4, -0.2) is 59.0 Å². The molecule has 0 aromatic carbocycles. The van der Waals surface area contributed by atoms with Gasteiger partial charge in [-0.15, -0.1) is 0 Å². The summed E-state index contributed by atoms with van der Waals surface area (Å²) in [7, 11) is 0. The Balaban J connectivity index is 1.30. The zero-order chi connectivity index (χ0) is 20.1. The molecule has 3 fully saturated rings. The van der Waals surface area contributed by atoms with Gasteiger partial charge in [-0.05, 0) is 57.4 Å². The molecule has 3 aliphatic rings. The summed E-state index contributed by atoms with van der Waals surface area (Å²) in [6.07, 6.45) is 10.4. The number of piperidine rings is 1. The van der Waals surface area contributed by atoms with Gasteiger partial charge in [0.25, 0.3) is 0 Å². The van der Waals surface area contributed by atoms with Crippen LogP contribution in [0.1, 0.15) is 56.9 Å². The van der Waals surface area contributed by atoms with Gasteiger partial charge in [0.05, 0.1) is 5.92 Å². The Morgan fingerprint density at radius 2 is 1.79 bits per heavy atom. The zero-order valence-corrected chi connectivity index (χ0v) is 17.1. The first-order chi connectivity index (χ1) is 14.2. The minimum atomic E-state index is -0.147. The van der Waals surface area contributed by atoms with Gasteiger partial charge in [0.1, 0.15) is 6.10 Å². The van der Waals surface area contributed by atoms with E-state index in [-0.39, 0.29) is 24.0 Å². The molecule has 0 radical (unpaired) electrons. The van der Waals surface area contributed by atoms with Crippen LogP contribution in [0.3, 0.4) is 0 Å². The van der Waals surface area contributed by atoms with Gasteiger partial charge in [0.15, 0.2) is 0 Å². The molecule has 2 aliphatic heterocycles. The van der Waals surface area contributed by atoms with Gasteiger partial charge in [0.2, 0.25) is 11.8 Å². The second-order valence-corrected chi connectivity index (χ2v) is 8.47. The molecule has 3 amide bonds. The maximum atomic E-state index is 12.8. The molecule has 7 heteroatoms. The highest BCUT2D eigenvalue weighted by atomic mass is 16.5. The first-order valence-corrected chi connectivity index (χ1v) is 11.1. The zero-order valence-electron chi connectivity index (χ0n) is 17.1. The topological polar surface area (TPSA) is 74.8 Å². The Kier molecular flexibility index (Phi) is 6.52. The summed E-state index contributed by atoms with van der Waals surface area (Å²) in [5.74, 6) is 0.500. The Morgan fingerprint density at radius 3 is 2.59 bits per heavy atom. The van der Waals surface area contributed by atoms with Crippen LogP contribution < -0.4 is 10.1 Å². The van der Waals surface area contributed by atoms with Crippen molar-refractivity contribution in [2.75, 3.05) is 26.2 Å². The third-order valence-corrected chi connectivity index (χ3v) is 6.32. The molecule has 1 aliphatic carbocycles. The monoisotopic (exact) mass is 400 g/mol. The summed E-state index contributed by atoms with van der Waals surface area (Å²) in [5, 5.41) is 3.05. The van der Waals surface area contributed by atoms with Crippen molar-refractivity contribution in [3.63, 3.8) is 0 Å². The van der Waals surface area contributed by atoms with E-state index >= 15 is 0 Å². The molecule has 29 heavy (non-hydrogen) atoms. The van der Waals surface area contributed by atoms with Crippen molar-refractivity contribution in [1.29, 1.82) is 0 Å². The number of urea groups is 1. The molecule has 1 N–H and O–H groups in total. The first-order valence-electron chi connectivity index (χ1n) is 11.1. The number of aromatic nitrogens is 1. The van der Waals surface area contributed by atoms with Crippen LogP contribution in [0.5, 0.6) is 5.88 Å². The van der Waals surface area contributed by atoms with Gasteiger partial charge < -0.3 is 19.9 Å². The number of amides is 3. The standard InChI is InChI=1S/C22H32N4O3/c27-20(18-8-6-14-26(16-18)22(28)25-12-3-4-13-25)24-15-17-7-5-11-23-21(17)29-19-9-1-2-10-19/h5,7,11,18-19H,1-4,6,8-10,12-16H2,(H,24,27)/t18-/m0/s1. The number of carbonyl (C=O) groups is 2. The van der Waals surface area contributed by atoms with Gasteiger partial charge in [-0.2, -0.15) is 0 Å². The fourth-order valence-electron chi connectivity index (χ4n) is 4.63. The van der Waals surface area contributed by atoms with Gasteiger partial charge >= 0.3 is 6.03 Å². The number of pyridine rings is 1. The van der Waals surface area contributed by atoms with E-state index < -0.39 is 0 Å². The molecule has 2 saturated heterocycles. The second-order valence-electron chi connectivity index (χ2n) is 8.47. The molecular weight excluding hydrogens is 368 g/mol. The molecule has 0 spiro atoms. The Bertz CT molecular complexity index is 714. The molecule has 1 aromatic heterocycles. The van der Waals surface area contributed by atoms with Gasteiger partial charge in [0, 0.05) is 44.5 Å². The van der Waals surface area contributed by atoms with E-state index in [9.17, 15) is 9.59 Å². The van der Waals surface area contributed by atoms with Crippen LogP contribution in [0.25, 0.3) is 0 Å². The van der Waals surface area contributed by atoms with Gasteiger partial charge in [-0.1, -0.05) is 6.07 Å². The van der Waals surface area contributed by atoms with Crippen LogP contribution in [0.4, 0.5) is 4.79 Å². The highest BCUT2D eigenvalue weighted by Gasteiger charge is 2.31. The van der Waals surface area contributed by atoms with Crippen LogP contribution in [0.2, 0.25) is 0 Å². The number of likely N-dealkylation sites (tertiary alicyclic amines) is 2. The van der Waals surface area contributed by atoms with E-state index in [1.807, 2.05) is 21.9 Å². The van der Waals surface area contributed by atoms with Crippen molar-refractivity contribution in [3.8, 4) is 5.88 Å². The third kappa shape index (κ3) is 5.00. The van der Waals surface area contributed by atoms with Crippen molar-refractivity contribution in [1.82, 2.24) is 20.1 Å². The average Bonchev–Trinajstić information content (AvgIpc) is 3.47. The largest absolute Gasteiger partial charge is 0.474 e. The lowest BCUT2D eigenvalue weighted by Crippen LogP contribution is -2.49. The Hall–Kier alpha value is -2.31. The van der Waals surface area contributed by atoms with E-state index in [0.29, 0.717) is 19.0 Å². The molecule has 1 aromatic rings. The summed E-state index contributed by atoms with van der Waals surface area (Å²) in [6.45, 7) is 3.36. The second kappa shape index (κ2) is 9.46. The molecule has 0 unspecified atom stereocenters. The van der Waals surface area contributed by atoms with E-state index in [0.717, 1.165) is 63.7 Å². The lowest BCUT2D eigenvalue weighted by atomic mass is 9.97. The molecule has 3 heterocycles. The number of ether oxygens (including phenoxy) is 1. The smallest absolute Gasteiger partial charge is 0.320 e. The van der Waals surface area contributed by atoms with E-state index in [1.165, 1.54) is 12.8 Å². The number of hydrogen-bond donors (Lipinski definition) is 1. The lowest BCUT2D eigenvalue weighted by Gasteiger charge is -2.34. The lowest BCUT2D eigenvalue weighted by molar-refractivity contribution is -0.126. The minimum absolute atomic E-state index is 0.0135. The SMILES string of the molecule is O=C(NCc1cccnc1OC1CCCC1)[C@H]1CCCN(C(=O)N2CCCC2)C1. The normalized spacial score (nSPS) is 22.7. The molecule has 0 bridgehead atoms. The summed E-state index contributed by atoms with van der Waals surface area (Å²) in [6, 6.07) is 3.93. The minimum Gasteiger partial charge on any atom is -0.474 e. The Morgan fingerprint density at radius 1 is 1.03 bits per heavy atom. The predicted octanol–water partition coefficient (Wildman–Crippen LogP) is 2.95. The molecular formula is C22H32N4O3. The number of nitrogens with one attached hydrogen (secondary N) is 1. The number of hydrogen-bond acceptors (Lipinski definition) is 4. The molecule has 158 valence electrons. The summed E-state index contributed by atoms with van der Waals surface area (Å²) >= 11 is 0.